The first-order valence-electron chi connectivity index (χ1n) is 6.98. The zero-order valence-electron chi connectivity index (χ0n) is 11.7. The maximum absolute atomic E-state index is 12.2. The lowest BCUT2D eigenvalue weighted by Crippen LogP contribution is -2.49. The molecule has 0 aromatic heterocycles. The number of urea groups is 1. The SMILES string of the molecule is CC(C)N(Cc1ccc(N)cc1)C(=O)NC1CCC1. The number of rotatable bonds is 4. The van der Waals surface area contributed by atoms with E-state index in [1.165, 1.54) is 6.42 Å². The molecule has 4 heteroatoms. The van der Waals surface area contributed by atoms with Crippen LogP contribution in [0.2, 0.25) is 0 Å². The van der Waals surface area contributed by atoms with Crippen LogP contribution >= 0.6 is 0 Å². The lowest BCUT2D eigenvalue weighted by atomic mass is 9.93. The lowest BCUT2D eigenvalue weighted by Gasteiger charge is -2.32. The number of benzene rings is 1. The van der Waals surface area contributed by atoms with Gasteiger partial charge in [-0.1, -0.05) is 12.1 Å². The van der Waals surface area contributed by atoms with Crippen molar-refractivity contribution >= 4 is 11.7 Å². The highest BCUT2D eigenvalue weighted by Crippen LogP contribution is 2.19. The molecule has 0 radical (unpaired) electrons. The predicted octanol–water partition coefficient (Wildman–Crippen LogP) is 2.74. The van der Waals surface area contributed by atoms with Crippen LogP contribution in [0, 0.1) is 0 Å². The van der Waals surface area contributed by atoms with Gasteiger partial charge in [0.15, 0.2) is 0 Å². The molecular formula is C15H23N3O. The number of nitrogens with two attached hydrogens (primary N) is 1. The molecule has 3 N–H and O–H groups in total. The normalized spacial score (nSPS) is 15.1. The van der Waals surface area contributed by atoms with E-state index in [0.717, 1.165) is 24.1 Å². The lowest BCUT2D eigenvalue weighted by molar-refractivity contribution is 0.169. The number of carbonyl (C=O) groups is 1. The molecule has 1 aliphatic carbocycles. The van der Waals surface area contributed by atoms with Crippen molar-refractivity contribution < 1.29 is 4.79 Å². The fraction of sp³-hybridized carbons (Fsp3) is 0.533. The average molecular weight is 261 g/mol. The van der Waals surface area contributed by atoms with E-state index in [0.29, 0.717) is 12.6 Å². The number of nitrogens with one attached hydrogen (secondary N) is 1. The Morgan fingerprint density at radius 2 is 2.00 bits per heavy atom. The molecule has 2 rings (SSSR count). The number of anilines is 1. The second-order valence-electron chi connectivity index (χ2n) is 5.54. The molecule has 1 aromatic rings. The van der Waals surface area contributed by atoms with Crippen molar-refractivity contribution in [3.05, 3.63) is 29.8 Å². The van der Waals surface area contributed by atoms with Crippen LogP contribution in [0.25, 0.3) is 0 Å². The molecule has 1 aliphatic rings. The summed E-state index contributed by atoms with van der Waals surface area (Å²) in [5.41, 5.74) is 7.53. The zero-order valence-corrected chi connectivity index (χ0v) is 11.7. The van der Waals surface area contributed by atoms with Crippen LogP contribution in [0.5, 0.6) is 0 Å². The first-order valence-corrected chi connectivity index (χ1v) is 6.98. The molecule has 1 saturated carbocycles. The molecule has 1 aromatic carbocycles. The van der Waals surface area contributed by atoms with E-state index < -0.39 is 0 Å². The predicted molar refractivity (Wildman–Crippen MR) is 77.7 cm³/mol. The third-order valence-electron chi connectivity index (χ3n) is 3.65. The van der Waals surface area contributed by atoms with Gasteiger partial charge in [-0.2, -0.15) is 0 Å². The summed E-state index contributed by atoms with van der Waals surface area (Å²) in [4.78, 5) is 14.1. The zero-order chi connectivity index (χ0) is 13.8. The molecule has 0 unspecified atom stereocenters. The van der Waals surface area contributed by atoms with Crippen LogP contribution in [-0.2, 0) is 6.54 Å². The van der Waals surface area contributed by atoms with Gasteiger partial charge in [0.2, 0.25) is 0 Å². The molecule has 0 bridgehead atoms. The van der Waals surface area contributed by atoms with Crippen molar-refractivity contribution in [3.63, 3.8) is 0 Å². The number of hydrogen-bond acceptors (Lipinski definition) is 2. The summed E-state index contributed by atoms with van der Waals surface area (Å²) < 4.78 is 0. The van der Waals surface area contributed by atoms with E-state index in [2.05, 4.69) is 5.32 Å². The number of amides is 2. The number of carbonyl (C=O) groups excluding carboxylic acids is 1. The van der Waals surface area contributed by atoms with Crippen LogP contribution in [-0.4, -0.2) is 23.0 Å². The van der Waals surface area contributed by atoms with Gasteiger partial charge < -0.3 is 16.0 Å². The number of nitrogen functional groups attached to an aromatic ring is 1. The summed E-state index contributed by atoms with van der Waals surface area (Å²) in [6.45, 7) is 4.70. The van der Waals surface area contributed by atoms with Crippen molar-refractivity contribution in [1.82, 2.24) is 10.2 Å². The Balaban J connectivity index is 1.98. The fourth-order valence-corrected chi connectivity index (χ4v) is 2.12. The summed E-state index contributed by atoms with van der Waals surface area (Å²) in [5, 5.41) is 3.09. The summed E-state index contributed by atoms with van der Waals surface area (Å²) in [5.74, 6) is 0. The largest absolute Gasteiger partial charge is 0.399 e. The van der Waals surface area contributed by atoms with E-state index in [4.69, 9.17) is 5.73 Å². The summed E-state index contributed by atoms with van der Waals surface area (Å²) in [6, 6.07) is 8.28. The van der Waals surface area contributed by atoms with Crippen molar-refractivity contribution in [2.75, 3.05) is 5.73 Å². The topological polar surface area (TPSA) is 58.4 Å². The quantitative estimate of drug-likeness (QED) is 0.819. The minimum absolute atomic E-state index is 0.0384. The molecule has 1 fully saturated rings. The highest BCUT2D eigenvalue weighted by molar-refractivity contribution is 5.75. The van der Waals surface area contributed by atoms with Crippen LogP contribution in [0.3, 0.4) is 0 Å². The van der Waals surface area contributed by atoms with Gasteiger partial charge in [0.05, 0.1) is 0 Å². The Bertz CT molecular complexity index is 424. The van der Waals surface area contributed by atoms with Gasteiger partial charge >= 0.3 is 6.03 Å². The van der Waals surface area contributed by atoms with E-state index in [9.17, 15) is 4.79 Å². The Morgan fingerprint density at radius 1 is 1.37 bits per heavy atom. The monoisotopic (exact) mass is 261 g/mol. The first-order chi connectivity index (χ1) is 9.06. The smallest absolute Gasteiger partial charge is 0.318 e. The second-order valence-corrected chi connectivity index (χ2v) is 5.54. The van der Waals surface area contributed by atoms with Gasteiger partial charge in [-0.25, -0.2) is 4.79 Å². The van der Waals surface area contributed by atoms with E-state index >= 15 is 0 Å². The van der Waals surface area contributed by atoms with Gasteiger partial charge in [-0.3, -0.25) is 0 Å². The molecule has 104 valence electrons. The molecule has 0 aliphatic heterocycles. The average Bonchev–Trinajstić information content (AvgIpc) is 2.32. The molecule has 2 amide bonds. The van der Waals surface area contributed by atoms with Gasteiger partial charge in [0.1, 0.15) is 0 Å². The van der Waals surface area contributed by atoms with Crippen LogP contribution in [0.4, 0.5) is 10.5 Å². The Hall–Kier alpha value is -1.71. The van der Waals surface area contributed by atoms with Gasteiger partial charge in [-0.05, 0) is 50.8 Å². The standard InChI is InChI=1S/C15H23N3O/c1-11(2)18(15(19)17-14-4-3-5-14)10-12-6-8-13(16)9-7-12/h6-9,11,14H,3-5,10,16H2,1-2H3,(H,17,19). The maximum Gasteiger partial charge on any atom is 0.318 e. The minimum atomic E-state index is 0.0384. The molecule has 4 nitrogen and oxygen atoms in total. The second kappa shape index (κ2) is 5.95. The molecule has 19 heavy (non-hydrogen) atoms. The summed E-state index contributed by atoms with van der Waals surface area (Å²) >= 11 is 0. The fourth-order valence-electron chi connectivity index (χ4n) is 2.12. The van der Waals surface area contributed by atoms with Crippen molar-refractivity contribution in [2.45, 2.75) is 51.7 Å². The Labute approximate surface area is 115 Å². The van der Waals surface area contributed by atoms with Gasteiger partial charge in [-0.15, -0.1) is 0 Å². The minimum Gasteiger partial charge on any atom is -0.399 e. The van der Waals surface area contributed by atoms with E-state index in [-0.39, 0.29) is 12.1 Å². The highest BCUT2D eigenvalue weighted by Gasteiger charge is 2.24. The third kappa shape index (κ3) is 3.63. The molecule has 0 saturated heterocycles. The molecule has 0 spiro atoms. The first kappa shape index (κ1) is 13.7. The number of hydrogen-bond donors (Lipinski definition) is 2. The van der Waals surface area contributed by atoms with Crippen molar-refractivity contribution in [1.29, 1.82) is 0 Å². The third-order valence-corrected chi connectivity index (χ3v) is 3.65. The summed E-state index contributed by atoms with van der Waals surface area (Å²) in [7, 11) is 0. The van der Waals surface area contributed by atoms with Crippen LogP contribution in [0.1, 0.15) is 38.7 Å². The Morgan fingerprint density at radius 3 is 2.47 bits per heavy atom. The van der Waals surface area contributed by atoms with Crippen LogP contribution in [0.15, 0.2) is 24.3 Å². The van der Waals surface area contributed by atoms with Crippen LogP contribution < -0.4 is 11.1 Å². The maximum atomic E-state index is 12.2. The van der Waals surface area contributed by atoms with E-state index in [1.54, 1.807) is 0 Å². The number of nitrogens with zero attached hydrogens (tertiary/aromatic N) is 1. The molecular weight excluding hydrogens is 238 g/mol. The van der Waals surface area contributed by atoms with Crippen molar-refractivity contribution in [3.8, 4) is 0 Å². The van der Waals surface area contributed by atoms with Gasteiger partial charge in [0.25, 0.3) is 0 Å². The Kier molecular flexibility index (Phi) is 4.30. The highest BCUT2D eigenvalue weighted by atomic mass is 16.2. The molecule has 0 atom stereocenters. The van der Waals surface area contributed by atoms with Crippen molar-refractivity contribution in [2.24, 2.45) is 0 Å². The summed E-state index contributed by atoms with van der Waals surface area (Å²) in [6.07, 6.45) is 3.45. The van der Waals surface area contributed by atoms with Gasteiger partial charge in [0, 0.05) is 24.3 Å². The molecule has 0 heterocycles. The van der Waals surface area contributed by atoms with E-state index in [1.807, 2.05) is 43.0 Å².